The molecule has 2 N–H and O–H groups in total. The van der Waals surface area contributed by atoms with Gasteiger partial charge in [0.2, 0.25) is 5.88 Å². The number of hydrogen-bond donors (Lipinski definition) is 2. The zero-order chi connectivity index (χ0) is 19.0. The Labute approximate surface area is 155 Å². The van der Waals surface area contributed by atoms with Crippen molar-refractivity contribution >= 4 is 23.3 Å². The van der Waals surface area contributed by atoms with Crippen LogP contribution in [0, 0.1) is 5.82 Å². The maximum absolute atomic E-state index is 14.8. The molecule has 1 atom stereocenters. The molecule has 2 aromatic rings. The number of anilines is 1. The van der Waals surface area contributed by atoms with Gasteiger partial charge in [0.05, 0.1) is 28.2 Å². The van der Waals surface area contributed by atoms with Crippen LogP contribution >= 0.6 is 11.6 Å². The lowest BCUT2D eigenvalue weighted by Crippen LogP contribution is -2.25. The maximum Gasteiger partial charge on any atom is 0.334 e. The van der Waals surface area contributed by atoms with E-state index < -0.39 is 17.7 Å². The third kappa shape index (κ3) is 3.12. The number of carbonyl (C=O) groups is 1. The minimum Gasteiger partial charge on any atom is -0.478 e. The Kier molecular flexibility index (Phi) is 4.87. The van der Waals surface area contributed by atoms with Crippen molar-refractivity contribution < 1.29 is 19.0 Å². The Hall–Kier alpha value is -2.60. The number of pyridine rings is 1. The first-order valence-electron chi connectivity index (χ1n) is 8.11. The number of aromatic nitrogens is 1. The fourth-order valence-electron chi connectivity index (χ4n) is 3.13. The van der Waals surface area contributed by atoms with E-state index >= 15 is 0 Å². The molecule has 1 unspecified atom stereocenters. The highest BCUT2D eigenvalue weighted by Gasteiger charge is 2.37. The van der Waals surface area contributed by atoms with Crippen LogP contribution in [0.3, 0.4) is 0 Å². The maximum atomic E-state index is 14.8. The lowest BCUT2D eigenvalue weighted by atomic mass is 9.81. The van der Waals surface area contributed by atoms with E-state index in [1.165, 1.54) is 12.1 Å². The summed E-state index contributed by atoms with van der Waals surface area (Å²) in [5.74, 6) is -2.44. The van der Waals surface area contributed by atoms with E-state index in [4.69, 9.17) is 16.3 Å². The highest BCUT2D eigenvalue weighted by molar-refractivity contribution is 6.30. The van der Waals surface area contributed by atoms with E-state index in [-0.39, 0.29) is 28.1 Å². The lowest BCUT2D eigenvalue weighted by molar-refractivity contribution is -0.133. The number of carboxylic acids is 1. The Balaban J connectivity index is 2.32. The molecule has 0 spiro atoms. The molecule has 1 aliphatic rings. The van der Waals surface area contributed by atoms with Gasteiger partial charge in [0.15, 0.2) is 0 Å². The van der Waals surface area contributed by atoms with Crippen molar-refractivity contribution in [1.29, 1.82) is 0 Å². The Bertz CT molecular complexity index is 912. The predicted octanol–water partition coefficient (Wildman–Crippen LogP) is 4.58. The number of nitrogens with zero attached hydrogens (tertiary/aromatic N) is 1. The van der Waals surface area contributed by atoms with Crippen LogP contribution in [0.2, 0.25) is 5.02 Å². The number of allylic oxidation sites excluding steroid dienone is 1. The van der Waals surface area contributed by atoms with E-state index in [0.29, 0.717) is 16.9 Å². The van der Waals surface area contributed by atoms with Crippen LogP contribution in [0.15, 0.2) is 41.7 Å². The monoisotopic (exact) mass is 376 g/mol. The van der Waals surface area contributed by atoms with Gasteiger partial charge in [0.1, 0.15) is 5.82 Å². The smallest absolute Gasteiger partial charge is 0.334 e. The molecule has 0 amide bonds. The Morgan fingerprint density at radius 3 is 2.77 bits per heavy atom. The molecule has 0 bridgehead atoms. The van der Waals surface area contributed by atoms with E-state index in [1.54, 1.807) is 25.3 Å². The van der Waals surface area contributed by atoms with E-state index in [0.717, 1.165) is 0 Å². The molecule has 3 rings (SSSR count). The van der Waals surface area contributed by atoms with E-state index in [9.17, 15) is 14.3 Å². The minimum atomic E-state index is -1.15. The first kappa shape index (κ1) is 18.2. The van der Waals surface area contributed by atoms with Crippen molar-refractivity contribution in [2.45, 2.75) is 32.8 Å². The van der Waals surface area contributed by atoms with Gasteiger partial charge in [-0.1, -0.05) is 23.7 Å². The number of halogens is 2. The molecule has 0 radical (unpaired) electrons. The molecular formula is C19H18ClFN2O3. The Morgan fingerprint density at radius 1 is 1.38 bits per heavy atom. The van der Waals surface area contributed by atoms with Crippen molar-refractivity contribution in [3.63, 3.8) is 0 Å². The summed E-state index contributed by atoms with van der Waals surface area (Å²) in [6.45, 7) is 5.32. The molecule has 0 fully saturated rings. The fourth-order valence-corrected chi connectivity index (χ4v) is 3.31. The first-order chi connectivity index (χ1) is 12.3. The largest absolute Gasteiger partial charge is 0.478 e. The quantitative estimate of drug-likeness (QED) is 0.817. The zero-order valence-electron chi connectivity index (χ0n) is 14.5. The average molecular weight is 377 g/mol. The van der Waals surface area contributed by atoms with E-state index in [2.05, 4.69) is 10.3 Å². The molecular weight excluding hydrogens is 359 g/mol. The van der Waals surface area contributed by atoms with Crippen LogP contribution in [0.25, 0.3) is 0 Å². The molecule has 1 aliphatic heterocycles. The van der Waals surface area contributed by atoms with Crippen LogP contribution in [0.1, 0.15) is 37.8 Å². The third-order valence-corrected chi connectivity index (χ3v) is 4.42. The second-order valence-corrected chi connectivity index (χ2v) is 6.70. The molecule has 0 saturated heterocycles. The normalized spacial score (nSPS) is 16.3. The number of hydrogen-bond acceptors (Lipinski definition) is 4. The van der Waals surface area contributed by atoms with Crippen molar-refractivity contribution in [2.24, 2.45) is 0 Å². The molecule has 136 valence electrons. The standard InChI is InChI=1S/C19H18ClFN2O3/c1-9(2)26-18-16-13(7-8-22-18)23-10(3)14(19(24)25)15(16)11-5-4-6-12(20)17(11)21/h4-9,15,23H,1-3H3,(H,24,25). The van der Waals surface area contributed by atoms with Crippen LogP contribution < -0.4 is 10.1 Å². The third-order valence-electron chi connectivity index (χ3n) is 4.13. The number of carboxylic acid groups (broad SMARTS) is 1. The van der Waals surface area contributed by atoms with E-state index in [1.807, 2.05) is 13.8 Å². The minimum absolute atomic E-state index is 0.0280. The molecule has 2 heterocycles. The molecule has 7 heteroatoms. The summed E-state index contributed by atoms with van der Waals surface area (Å²) in [7, 11) is 0. The van der Waals surface area contributed by atoms with Gasteiger partial charge in [0, 0.05) is 23.1 Å². The van der Waals surface area contributed by atoms with Crippen molar-refractivity contribution in [2.75, 3.05) is 5.32 Å². The van der Waals surface area contributed by atoms with Gasteiger partial charge in [-0.2, -0.15) is 0 Å². The van der Waals surface area contributed by atoms with Crippen LogP contribution in [0.5, 0.6) is 5.88 Å². The number of ether oxygens (including phenoxy) is 1. The molecule has 5 nitrogen and oxygen atoms in total. The topological polar surface area (TPSA) is 71.5 Å². The highest BCUT2D eigenvalue weighted by Crippen LogP contribution is 2.46. The van der Waals surface area contributed by atoms with Gasteiger partial charge < -0.3 is 15.2 Å². The van der Waals surface area contributed by atoms with Crippen molar-refractivity contribution in [1.82, 2.24) is 4.98 Å². The SMILES string of the molecule is CC1=C(C(=O)O)C(c2cccc(Cl)c2F)c2c(ccnc2OC(C)C)N1. The van der Waals surface area contributed by atoms with Gasteiger partial charge in [-0.3, -0.25) is 0 Å². The van der Waals surface area contributed by atoms with Crippen LogP contribution in [0.4, 0.5) is 10.1 Å². The van der Waals surface area contributed by atoms with Crippen molar-refractivity contribution in [3.05, 3.63) is 63.7 Å². The number of aliphatic carboxylic acids is 1. The fraction of sp³-hybridized carbons (Fsp3) is 0.263. The summed E-state index contributed by atoms with van der Waals surface area (Å²) in [5, 5.41) is 12.8. The zero-order valence-corrected chi connectivity index (χ0v) is 15.3. The summed E-state index contributed by atoms with van der Waals surface area (Å²) in [4.78, 5) is 16.2. The van der Waals surface area contributed by atoms with Gasteiger partial charge in [-0.05, 0) is 32.9 Å². The molecule has 0 aliphatic carbocycles. The van der Waals surface area contributed by atoms with Gasteiger partial charge in [0.25, 0.3) is 0 Å². The molecule has 0 saturated carbocycles. The molecule has 1 aromatic heterocycles. The van der Waals surface area contributed by atoms with Crippen molar-refractivity contribution in [3.8, 4) is 5.88 Å². The number of rotatable bonds is 4. The van der Waals surface area contributed by atoms with Gasteiger partial charge >= 0.3 is 5.97 Å². The first-order valence-corrected chi connectivity index (χ1v) is 8.49. The van der Waals surface area contributed by atoms with Crippen LogP contribution in [-0.2, 0) is 4.79 Å². The van der Waals surface area contributed by atoms with Crippen LogP contribution in [-0.4, -0.2) is 22.2 Å². The molecule has 26 heavy (non-hydrogen) atoms. The Morgan fingerprint density at radius 2 is 2.12 bits per heavy atom. The number of nitrogens with one attached hydrogen (secondary N) is 1. The summed E-state index contributed by atoms with van der Waals surface area (Å²) in [6.07, 6.45) is 1.38. The highest BCUT2D eigenvalue weighted by atomic mass is 35.5. The summed E-state index contributed by atoms with van der Waals surface area (Å²) in [6, 6.07) is 6.26. The van der Waals surface area contributed by atoms with Gasteiger partial charge in [-0.15, -0.1) is 0 Å². The summed E-state index contributed by atoms with van der Waals surface area (Å²) >= 11 is 5.95. The summed E-state index contributed by atoms with van der Waals surface area (Å²) < 4.78 is 20.6. The number of benzene rings is 1. The predicted molar refractivity (Wildman–Crippen MR) is 97.2 cm³/mol. The molecule has 1 aromatic carbocycles. The average Bonchev–Trinajstić information content (AvgIpc) is 2.55. The summed E-state index contributed by atoms with van der Waals surface area (Å²) in [5.41, 5.74) is 1.72. The second kappa shape index (κ2) is 6.96. The second-order valence-electron chi connectivity index (χ2n) is 6.29. The lowest BCUT2D eigenvalue weighted by Gasteiger charge is -2.31. The number of fused-ring (bicyclic) bond motifs is 1. The van der Waals surface area contributed by atoms with Gasteiger partial charge in [-0.25, -0.2) is 14.2 Å².